The van der Waals surface area contributed by atoms with E-state index in [2.05, 4.69) is 40.8 Å². The number of halogens is 1. The third kappa shape index (κ3) is 2.21. The van der Waals surface area contributed by atoms with Crippen LogP contribution in [0.4, 0.5) is 5.69 Å². The van der Waals surface area contributed by atoms with Gasteiger partial charge in [-0.05, 0) is 41.8 Å². The number of fused-ring (bicyclic) bond motifs is 2. The Kier molecular flexibility index (Phi) is 3.16. The number of nitrogens with zero attached hydrogens (tertiary/aromatic N) is 2. The maximum absolute atomic E-state index is 11.6. The van der Waals surface area contributed by atoms with Crippen LogP contribution in [0.5, 0.6) is 0 Å². The fourth-order valence-electron chi connectivity index (χ4n) is 3.16. The van der Waals surface area contributed by atoms with E-state index < -0.39 is 0 Å². The molecule has 0 radical (unpaired) electrons. The number of carbonyl (C=O) groups excluding carboxylic acids is 1. The van der Waals surface area contributed by atoms with E-state index in [4.69, 9.17) is 11.6 Å². The topological polar surface area (TPSA) is 46.9 Å². The van der Waals surface area contributed by atoms with Crippen molar-refractivity contribution in [2.75, 3.05) is 5.32 Å². The van der Waals surface area contributed by atoms with Gasteiger partial charge in [0.2, 0.25) is 5.91 Å². The van der Waals surface area contributed by atoms with Crippen molar-refractivity contribution in [2.45, 2.75) is 26.2 Å². The van der Waals surface area contributed by atoms with E-state index in [-0.39, 0.29) is 5.91 Å². The highest BCUT2D eigenvalue weighted by Gasteiger charge is 2.23. The first kappa shape index (κ1) is 14.3. The van der Waals surface area contributed by atoms with Crippen molar-refractivity contribution in [1.82, 2.24) is 9.55 Å². The summed E-state index contributed by atoms with van der Waals surface area (Å²) >= 11 is 6.39. The standard InChI is InChI=1S/C18H16ClN3O/c1-10(2)15-7-11-4-3-5-20-18(11)22(15)13-6-12-8-16(23)21-17(12)14(19)9-13/h3-7,9-10H,8H2,1-2H3,(H,21,23). The van der Waals surface area contributed by atoms with Crippen molar-refractivity contribution in [2.24, 2.45) is 0 Å². The molecule has 0 spiro atoms. The van der Waals surface area contributed by atoms with E-state index in [1.807, 2.05) is 18.2 Å². The number of aromatic nitrogens is 2. The molecule has 0 unspecified atom stereocenters. The lowest BCUT2D eigenvalue weighted by molar-refractivity contribution is -0.115. The fraction of sp³-hybridized carbons (Fsp3) is 0.222. The van der Waals surface area contributed by atoms with E-state index >= 15 is 0 Å². The highest BCUT2D eigenvalue weighted by atomic mass is 35.5. The molecule has 116 valence electrons. The lowest BCUT2D eigenvalue weighted by atomic mass is 10.1. The second kappa shape index (κ2) is 5.10. The maximum Gasteiger partial charge on any atom is 0.228 e. The predicted molar refractivity (Wildman–Crippen MR) is 92.5 cm³/mol. The summed E-state index contributed by atoms with van der Waals surface area (Å²) in [5.41, 5.74) is 4.69. The Hall–Kier alpha value is -2.33. The zero-order valence-electron chi connectivity index (χ0n) is 12.9. The molecule has 4 nitrogen and oxygen atoms in total. The summed E-state index contributed by atoms with van der Waals surface area (Å²) in [6.45, 7) is 4.32. The molecule has 0 saturated heterocycles. The minimum absolute atomic E-state index is 0.0152. The summed E-state index contributed by atoms with van der Waals surface area (Å²) in [4.78, 5) is 16.2. The minimum atomic E-state index is -0.0152. The quantitative estimate of drug-likeness (QED) is 0.763. The Labute approximate surface area is 139 Å². The molecule has 1 aromatic carbocycles. The van der Waals surface area contributed by atoms with Crippen molar-refractivity contribution in [3.05, 3.63) is 52.8 Å². The molecule has 0 aliphatic carbocycles. The number of hydrogen-bond acceptors (Lipinski definition) is 2. The van der Waals surface area contributed by atoms with Gasteiger partial charge in [-0.25, -0.2) is 4.98 Å². The number of benzene rings is 1. The van der Waals surface area contributed by atoms with E-state index in [0.29, 0.717) is 17.4 Å². The van der Waals surface area contributed by atoms with Crippen LogP contribution in [0.25, 0.3) is 16.7 Å². The number of carbonyl (C=O) groups is 1. The van der Waals surface area contributed by atoms with E-state index in [1.165, 1.54) is 5.69 Å². The number of anilines is 1. The van der Waals surface area contributed by atoms with Crippen LogP contribution in [-0.2, 0) is 11.2 Å². The zero-order valence-corrected chi connectivity index (χ0v) is 13.7. The molecule has 1 aliphatic heterocycles. The van der Waals surface area contributed by atoms with E-state index in [9.17, 15) is 4.79 Å². The van der Waals surface area contributed by atoms with Crippen molar-refractivity contribution in [3.63, 3.8) is 0 Å². The van der Waals surface area contributed by atoms with Crippen molar-refractivity contribution in [3.8, 4) is 5.69 Å². The second-order valence-corrected chi connectivity index (χ2v) is 6.57. The first-order chi connectivity index (χ1) is 11.0. The van der Waals surface area contributed by atoms with Crippen molar-refractivity contribution >= 4 is 34.2 Å². The molecule has 23 heavy (non-hydrogen) atoms. The highest BCUT2D eigenvalue weighted by Crippen LogP contribution is 2.36. The summed E-state index contributed by atoms with van der Waals surface area (Å²) in [6, 6.07) is 10.1. The van der Waals surface area contributed by atoms with Crippen LogP contribution in [0, 0.1) is 0 Å². The van der Waals surface area contributed by atoms with Crippen LogP contribution in [0.3, 0.4) is 0 Å². The molecule has 4 rings (SSSR count). The van der Waals surface area contributed by atoms with Gasteiger partial charge in [-0.3, -0.25) is 9.36 Å². The van der Waals surface area contributed by atoms with Crippen LogP contribution in [0.1, 0.15) is 31.0 Å². The molecule has 0 bridgehead atoms. The first-order valence-corrected chi connectivity index (χ1v) is 8.01. The SMILES string of the molecule is CC(C)c1cc2cccnc2n1-c1cc(Cl)c2c(c1)CC(=O)N2. The molecular formula is C18H16ClN3O. The van der Waals surface area contributed by atoms with Gasteiger partial charge >= 0.3 is 0 Å². The molecule has 2 aromatic heterocycles. The van der Waals surface area contributed by atoms with Gasteiger partial charge in [-0.1, -0.05) is 25.4 Å². The summed E-state index contributed by atoms with van der Waals surface area (Å²) < 4.78 is 2.13. The third-order valence-corrected chi connectivity index (χ3v) is 4.51. The van der Waals surface area contributed by atoms with Crippen LogP contribution in [0.15, 0.2) is 36.5 Å². The van der Waals surface area contributed by atoms with Gasteiger partial charge in [0, 0.05) is 23.0 Å². The Bertz CT molecular complexity index is 943. The Balaban J connectivity index is 2.00. The van der Waals surface area contributed by atoms with Crippen molar-refractivity contribution in [1.29, 1.82) is 0 Å². The minimum Gasteiger partial charge on any atom is -0.324 e. The van der Waals surface area contributed by atoms with Gasteiger partial charge in [-0.2, -0.15) is 0 Å². The zero-order chi connectivity index (χ0) is 16.1. The van der Waals surface area contributed by atoms with Gasteiger partial charge in [-0.15, -0.1) is 0 Å². The van der Waals surface area contributed by atoms with Crippen LogP contribution in [-0.4, -0.2) is 15.5 Å². The van der Waals surface area contributed by atoms with Gasteiger partial charge in [0.1, 0.15) is 5.65 Å². The molecular weight excluding hydrogens is 310 g/mol. The molecule has 5 heteroatoms. The van der Waals surface area contributed by atoms with E-state index in [1.54, 1.807) is 6.20 Å². The second-order valence-electron chi connectivity index (χ2n) is 6.16. The summed E-state index contributed by atoms with van der Waals surface area (Å²) in [7, 11) is 0. The van der Waals surface area contributed by atoms with Crippen LogP contribution in [0.2, 0.25) is 5.02 Å². The molecule has 3 aromatic rings. The number of rotatable bonds is 2. The molecule has 1 aliphatic rings. The fourth-order valence-corrected chi connectivity index (χ4v) is 3.44. The molecule has 0 atom stereocenters. The largest absolute Gasteiger partial charge is 0.324 e. The molecule has 3 heterocycles. The lowest BCUT2D eigenvalue weighted by Gasteiger charge is -2.14. The average Bonchev–Trinajstić information content (AvgIpc) is 3.07. The van der Waals surface area contributed by atoms with Gasteiger partial charge < -0.3 is 5.32 Å². The molecule has 1 amide bonds. The average molecular weight is 326 g/mol. The van der Waals surface area contributed by atoms with Crippen LogP contribution >= 0.6 is 11.6 Å². The molecule has 0 saturated carbocycles. The number of nitrogens with one attached hydrogen (secondary N) is 1. The summed E-state index contributed by atoms with van der Waals surface area (Å²) in [5.74, 6) is 0.328. The highest BCUT2D eigenvalue weighted by molar-refractivity contribution is 6.34. The number of amides is 1. The Morgan fingerprint density at radius 2 is 2.13 bits per heavy atom. The molecule has 0 fully saturated rings. The maximum atomic E-state index is 11.6. The van der Waals surface area contributed by atoms with E-state index in [0.717, 1.165) is 28.0 Å². The predicted octanol–water partition coefficient (Wildman–Crippen LogP) is 4.30. The number of hydrogen-bond donors (Lipinski definition) is 1. The molecule has 1 N–H and O–H groups in total. The summed E-state index contributed by atoms with van der Waals surface area (Å²) in [5, 5.41) is 4.48. The first-order valence-electron chi connectivity index (χ1n) is 7.63. The summed E-state index contributed by atoms with van der Waals surface area (Å²) in [6.07, 6.45) is 2.16. The van der Waals surface area contributed by atoms with Gasteiger partial charge in [0.15, 0.2) is 0 Å². The lowest BCUT2D eigenvalue weighted by Crippen LogP contribution is -2.04. The normalized spacial score (nSPS) is 13.7. The smallest absolute Gasteiger partial charge is 0.228 e. The van der Waals surface area contributed by atoms with Crippen molar-refractivity contribution < 1.29 is 4.79 Å². The van der Waals surface area contributed by atoms with Gasteiger partial charge in [0.25, 0.3) is 0 Å². The monoisotopic (exact) mass is 325 g/mol. The third-order valence-electron chi connectivity index (χ3n) is 4.21. The Morgan fingerprint density at radius 1 is 1.30 bits per heavy atom. The Morgan fingerprint density at radius 3 is 2.91 bits per heavy atom. The van der Waals surface area contributed by atoms with Gasteiger partial charge in [0.05, 0.1) is 17.1 Å². The van der Waals surface area contributed by atoms with Crippen LogP contribution < -0.4 is 5.32 Å². The number of pyridine rings is 1.